The summed E-state index contributed by atoms with van der Waals surface area (Å²) in [6.07, 6.45) is 3.74. The fourth-order valence-electron chi connectivity index (χ4n) is 2.62. The van der Waals surface area contributed by atoms with Gasteiger partial charge in [0.15, 0.2) is 4.96 Å². The molecule has 0 atom stereocenters. The van der Waals surface area contributed by atoms with Crippen molar-refractivity contribution in [3.05, 3.63) is 58.4 Å². The second kappa shape index (κ2) is 7.06. The summed E-state index contributed by atoms with van der Waals surface area (Å²) in [4.78, 5) is 31.7. The molecule has 1 aromatic carbocycles. The first-order valence-corrected chi connectivity index (χ1v) is 8.77. The lowest BCUT2D eigenvalue weighted by Crippen LogP contribution is -2.26. The van der Waals surface area contributed by atoms with Gasteiger partial charge in [-0.2, -0.15) is 0 Å². The van der Waals surface area contributed by atoms with Gasteiger partial charge >= 0.3 is 0 Å². The van der Waals surface area contributed by atoms with E-state index in [1.165, 1.54) is 6.92 Å². The van der Waals surface area contributed by atoms with Gasteiger partial charge in [0.25, 0.3) is 5.91 Å². The number of hydrogen-bond donors (Lipinski definition) is 1. The highest BCUT2D eigenvalue weighted by Crippen LogP contribution is 2.18. The molecule has 2 amide bonds. The number of hydrogen-bond acceptors (Lipinski definition) is 4. The topological polar surface area (TPSA) is 66.7 Å². The molecule has 0 aliphatic rings. The van der Waals surface area contributed by atoms with E-state index in [0.717, 1.165) is 21.0 Å². The summed E-state index contributed by atoms with van der Waals surface area (Å²) in [5.74, 6) is -0.173. The number of amides is 2. The van der Waals surface area contributed by atoms with Crippen LogP contribution in [0.5, 0.6) is 0 Å². The summed E-state index contributed by atoms with van der Waals surface area (Å²) < 4.78 is 1.88. The Kier molecular flexibility index (Phi) is 4.85. The number of thiazole rings is 1. The molecule has 25 heavy (non-hydrogen) atoms. The van der Waals surface area contributed by atoms with Crippen LogP contribution in [-0.2, 0) is 17.9 Å². The molecule has 0 fully saturated rings. The van der Waals surface area contributed by atoms with Crippen LogP contribution in [0.25, 0.3) is 4.96 Å². The van der Waals surface area contributed by atoms with Crippen LogP contribution in [0.15, 0.2) is 36.7 Å². The van der Waals surface area contributed by atoms with E-state index in [2.05, 4.69) is 10.3 Å². The predicted octanol–water partition coefficient (Wildman–Crippen LogP) is 2.61. The molecule has 0 spiro atoms. The molecule has 0 aliphatic carbocycles. The van der Waals surface area contributed by atoms with Crippen LogP contribution in [0, 0.1) is 6.92 Å². The van der Waals surface area contributed by atoms with Gasteiger partial charge in [-0.15, -0.1) is 11.3 Å². The van der Waals surface area contributed by atoms with Crippen molar-refractivity contribution in [3.63, 3.8) is 0 Å². The van der Waals surface area contributed by atoms with Crippen molar-refractivity contribution >= 4 is 28.1 Å². The van der Waals surface area contributed by atoms with Crippen molar-refractivity contribution < 1.29 is 9.59 Å². The third-order valence-corrected chi connectivity index (χ3v) is 4.70. The van der Waals surface area contributed by atoms with Crippen LogP contribution in [0.1, 0.15) is 33.4 Å². The number of nitrogens with one attached hydrogen (secondary N) is 1. The molecular formula is C18H20N4O2S. The normalized spacial score (nSPS) is 10.8. The lowest BCUT2D eigenvalue weighted by Gasteiger charge is -2.16. The first kappa shape index (κ1) is 17.2. The molecule has 0 radical (unpaired) electrons. The quantitative estimate of drug-likeness (QED) is 0.764. The van der Waals surface area contributed by atoms with E-state index in [9.17, 15) is 9.59 Å². The molecule has 0 bridgehead atoms. The monoisotopic (exact) mass is 356 g/mol. The summed E-state index contributed by atoms with van der Waals surface area (Å²) in [6, 6.07) is 7.85. The zero-order chi connectivity index (χ0) is 18.0. The van der Waals surface area contributed by atoms with E-state index in [-0.39, 0.29) is 11.8 Å². The van der Waals surface area contributed by atoms with Crippen LogP contribution in [0.3, 0.4) is 0 Å². The highest BCUT2D eigenvalue weighted by Gasteiger charge is 2.17. The highest BCUT2D eigenvalue weighted by molar-refractivity contribution is 7.17. The van der Waals surface area contributed by atoms with Crippen molar-refractivity contribution in [1.82, 2.24) is 19.6 Å². The Hall–Kier alpha value is -2.67. The maximum Gasteiger partial charge on any atom is 0.274 e. The largest absolute Gasteiger partial charge is 0.352 e. The molecule has 7 heteroatoms. The Labute approximate surface area is 150 Å². The molecule has 0 saturated carbocycles. The van der Waals surface area contributed by atoms with Gasteiger partial charge < -0.3 is 10.2 Å². The van der Waals surface area contributed by atoms with E-state index < -0.39 is 0 Å². The van der Waals surface area contributed by atoms with Gasteiger partial charge in [0.05, 0.1) is 0 Å². The van der Waals surface area contributed by atoms with Gasteiger partial charge in [0, 0.05) is 44.3 Å². The number of rotatable bonds is 5. The molecule has 2 heterocycles. The van der Waals surface area contributed by atoms with Crippen molar-refractivity contribution in [3.8, 4) is 0 Å². The van der Waals surface area contributed by atoms with Crippen molar-refractivity contribution in [2.45, 2.75) is 26.9 Å². The average molecular weight is 356 g/mol. The molecule has 1 N–H and O–H groups in total. The van der Waals surface area contributed by atoms with Gasteiger partial charge in [-0.05, 0) is 18.1 Å². The molecule has 0 saturated heterocycles. The summed E-state index contributed by atoms with van der Waals surface area (Å²) in [7, 11) is 1.77. The maximum atomic E-state index is 12.6. The second-order valence-electron chi connectivity index (χ2n) is 6.05. The molecule has 3 rings (SSSR count). The summed E-state index contributed by atoms with van der Waals surface area (Å²) in [6.45, 7) is 4.48. The minimum absolute atomic E-state index is 0.0623. The Balaban J connectivity index is 1.69. The van der Waals surface area contributed by atoms with Gasteiger partial charge in [0.1, 0.15) is 5.69 Å². The maximum absolute atomic E-state index is 12.6. The zero-order valence-corrected chi connectivity index (χ0v) is 15.3. The SMILES string of the molecule is CC(=O)NCc1cccc(CN(C)C(=O)c2cn3cc(C)sc3n2)c1. The van der Waals surface area contributed by atoms with E-state index in [0.29, 0.717) is 18.8 Å². The van der Waals surface area contributed by atoms with E-state index >= 15 is 0 Å². The molecular weight excluding hydrogens is 336 g/mol. The number of aromatic nitrogens is 2. The third-order valence-electron chi connectivity index (χ3n) is 3.79. The van der Waals surface area contributed by atoms with Gasteiger partial charge in [-0.1, -0.05) is 24.3 Å². The van der Waals surface area contributed by atoms with E-state index in [1.807, 2.05) is 41.8 Å². The summed E-state index contributed by atoms with van der Waals surface area (Å²) in [5.41, 5.74) is 2.46. The standard InChI is InChI=1S/C18H20N4O2S/c1-12-9-22-11-16(20-18(22)25-12)17(24)21(3)10-15-6-4-5-14(7-15)8-19-13(2)23/h4-7,9,11H,8,10H2,1-3H3,(H,19,23). The smallest absolute Gasteiger partial charge is 0.274 e. The molecule has 0 unspecified atom stereocenters. The number of nitrogens with zero attached hydrogens (tertiary/aromatic N) is 3. The average Bonchev–Trinajstić information content (AvgIpc) is 3.09. The Morgan fingerprint density at radius 1 is 1.28 bits per heavy atom. The minimum atomic E-state index is -0.110. The number of imidazole rings is 1. The fourth-order valence-corrected chi connectivity index (χ4v) is 3.43. The molecule has 0 aliphatic heterocycles. The lowest BCUT2D eigenvalue weighted by atomic mass is 10.1. The number of fused-ring (bicyclic) bond motifs is 1. The van der Waals surface area contributed by atoms with Gasteiger partial charge in [-0.25, -0.2) is 4.98 Å². The Morgan fingerprint density at radius 2 is 2.04 bits per heavy atom. The fraction of sp³-hybridized carbons (Fsp3) is 0.278. The van der Waals surface area contributed by atoms with E-state index in [4.69, 9.17) is 0 Å². The summed E-state index contributed by atoms with van der Waals surface area (Å²) in [5, 5.41) is 2.78. The first-order valence-electron chi connectivity index (χ1n) is 7.95. The molecule has 6 nitrogen and oxygen atoms in total. The zero-order valence-electron chi connectivity index (χ0n) is 14.4. The van der Waals surface area contributed by atoms with Crippen LogP contribution in [-0.4, -0.2) is 33.1 Å². The number of carbonyl (C=O) groups is 2. The molecule has 130 valence electrons. The second-order valence-corrected chi connectivity index (χ2v) is 7.26. The van der Waals surface area contributed by atoms with Crippen LogP contribution in [0.2, 0.25) is 0 Å². The van der Waals surface area contributed by atoms with Gasteiger partial charge in [-0.3, -0.25) is 14.0 Å². The number of aryl methyl sites for hydroxylation is 1. The van der Waals surface area contributed by atoms with Gasteiger partial charge in [0.2, 0.25) is 5.91 Å². The minimum Gasteiger partial charge on any atom is -0.352 e. The van der Waals surface area contributed by atoms with Crippen LogP contribution >= 0.6 is 11.3 Å². The van der Waals surface area contributed by atoms with E-state index in [1.54, 1.807) is 29.5 Å². The highest BCUT2D eigenvalue weighted by atomic mass is 32.1. The first-order chi connectivity index (χ1) is 11.9. The van der Waals surface area contributed by atoms with Crippen molar-refractivity contribution in [2.75, 3.05) is 7.05 Å². The van der Waals surface area contributed by atoms with Crippen LogP contribution in [0.4, 0.5) is 0 Å². The molecule has 3 aromatic rings. The number of benzene rings is 1. The predicted molar refractivity (Wildman–Crippen MR) is 97.6 cm³/mol. The van der Waals surface area contributed by atoms with Crippen molar-refractivity contribution in [2.24, 2.45) is 0 Å². The third kappa shape index (κ3) is 4.06. The van der Waals surface area contributed by atoms with Crippen LogP contribution < -0.4 is 5.32 Å². The Morgan fingerprint density at radius 3 is 2.76 bits per heavy atom. The van der Waals surface area contributed by atoms with Crippen molar-refractivity contribution in [1.29, 1.82) is 0 Å². The summed E-state index contributed by atoms with van der Waals surface area (Å²) >= 11 is 1.56. The molecule has 2 aromatic heterocycles. The number of carbonyl (C=O) groups excluding carboxylic acids is 2. The Bertz CT molecular complexity index is 897. The lowest BCUT2D eigenvalue weighted by molar-refractivity contribution is -0.119.